The van der Waals surface area contributed by atoms with E-state index < -0.39 is 0 Å². The molecule has 1 N–H and O–H groups in total. The zero-order valence-electron chi connectivity index (χ0n) is 11.9. The van der Waals surface area contributed by atoms with Gasteiger partial charge in [0.1, 0.15) is 5.82 Å². The van der Waals surface area contributed by atoms with E-state index in [4.69, 9.17) is 0 Å². The standard InChI is InChI=1S/C17H21N3/c1-20-13-6-5-11-16(20)15-10-7-12-18-17(15)19-14-8-3-2-4-9-14/h2-4,7-10,12,16H,5-6,11,13H2,1H3,(H,18,19). The van der Waals surface area contributed by atoms with Gasteiger partial charge in [-0.15, -0.1) is 0 Å². The highest BCUT2D eigenvalue weighted by Gasteiger charge is 2.23. The van der Waals surface area contributed by atoms with Crippen molar-refractivity contribution >= 4 is 11.5 Å². The minimum absolute atomic E-state index is 0.476. The third-order valence-electron chi connectivity index (χ3n) is 4.00. The summed E-state index contributed by atoms with van der Waals surface area (Å²) in [5.41, 5.74) is 2.39. The molecule has 1 unspecified atom stereocenters. The quantitative estimate of drug-likeness (QED) is 0.911. The summed E-state index contributed by atoms with van der Waals surface area (Å²) in [4.78, 5) is 6.99. The Kier molecular flexibility index (Phi) is 3.97. The molecule has 0 spiro atoms. The molecule has 1 aliphatic heterocycles. The van der Waals surface area contributed by atoms with Crippen LogP contribution in [0.3, 0.4) is 0 Å². The van der Waals surface area contributed by atoms with Crippen LogP contribution in [0, 0.1) is 0 Å². The van der Waals surface area contributed by atoms with E-state index in [-0.39, 0.29) is 0 Å². The zero-order valence-corrected chi connectivity index (χ0v) is 11.9. The van der Waals surface area contributed by atoms with Crippen molar-refractivity contribution in [2.75, 3.05) is 18.9 Å². The molecule has 3 rings (SSSR count). The lowest BCUT2D eigenvalue weighted by molar-refractivity contribution is 0.187. The van der Waals surface area contributed by atoms with E-state index in [2.05, 4.69) is 40.4 Å². The number of likely N-dealkylation sites (tertiary alicyclic amines) is 1. The minimum Gasteiger partial charge on any atom is -0.340 e. The average Bonchev–Trinajstić information content (AvgIpc) is 2.50. The summed E-state index contributed by atoms with van der Waals surface area (Å²) in [5.74, 6) is 0.984. The van der Waals surface area contributed by atoms with E-state index in [1.54, 1.807) is 0 Å². The van der Waals surface area contributed by atoms with Crippen molar-refractivity contribution < 1.29 is 0 Å². The van der Waals surface area contributed by atoms with E-state index in [1.165, 1.54) is 31.4 Å². The number of rotatable bonds is 3. The number of para-hydroxylation sites is 1. The van der Waals surface area contributed by atoms with Gasteiger partial charge in [-0.2, -0.15) is 0 Å². The summed E-state index contributed by atoms with van der Waals surface area (Å²) >= 11 is 0. The van der Waals surface area contributed by atoms with Crippen LogP contribution in [0.4, 0.5) is 11.5 Å². The van der Waals surface area contributed by atoms with Crippen LogP contribution in [0.15, 0.2) is 48.7 Å². The van der Waals surface area contributed by atoms with E-state index >= 15 is 0 Å². The van der Waals surface area contributed by atoms with Crippen molar-refractivity contribution in [1.29, 1.82) is 0 Å². The molecule has 0 bridgehead atoms. The number of hydrogen-bond donors (Lipinski definition) is 1. The summed E-state index contributed by atoms with van der Waals surface area (Å²) in [6.45, 7) is 1.17. The smallest absolute Gasteiger partial charge is 0.135 e. The van der Waals surface area contributed by atoms with Crippen molar-refractivity contribution in [2.24, 2.45) is 0 Å². The number of anilines is 2. The molecule has 1 aliphatic rings. The first-order valence-electron chi connectivity index (χ1n) is 7.32. The van der Waals surface area contributed by atoms with Crippen LogP contribution in [-0.2, 0) is 0 Å². The molecule has 0 aliphatic carbocycles. The molecule has 2 aromatic rings. The second kappa shape index (κ2) is 6.06. The number of aromatic nitrogens is 1. The van der Waals surface area contributed by atoms with Gasteiger partial charge in [-0.05, 0) is 44.6 Å². The molecular weight excluding hydrogens is 246 g/mol. The Morgan fingerprint density at radius 1 is 1.10 bits per heavy atom. The van der Waals surface area contributed by atoms with Gasteiger partial charge in [0.25, 0.3) is 0 Å². The Morgan fingerprint density at radius 3 is 2.75 bits per heavy atom. The van der Waals surface area contributed by atoms with Crippen LogP contribution >= 0.6 is 0 Å². The summed E-state index contributed by atoms with van der Waals surface area (Å²) in [5, 5.41) is 3.45. The highest BCUT2D eigenvalue weighted by atomic mass is 15.1. The Labute approximate surface area is 120 Å². The SMILES string of the molecule is CN1CCCCC1c1cccnc1Nc1ccccc1. The molecule has 3 nitrogen and oxygen atoms in total. The van der Waals surface area contributed by atoms with Crippen LogP contribution in [-0.4, -0.2) is 23.5 Å². The van der Waals surface area contributed by atoms with Gasteiger partial charge in [-0.3, -0.25) is 4.90 Å². The van der Waals surface area contributed by atoms with E-state index in [0.717, 1.165) is 11.5 Å². The van der Waals surface area contributed by atoms with Crippen molar-refractivity contribution in [2.45, 2.75) is 25.3 Å². The van der Waals surface area contributed by atoms with E-state index in [1.807, 2.05) is 30.5 Å². The largest absolute Gasteiger partial charge is 0.340 e. The zero-order chi connectivity index (χ0) is 13.8. The van der Waals surface area contributed by atoms with Gasteiger partial charge in [0, 0.05) is 23.5 Å². The van der Waals surface area contributed by atoms with Gasteiger partial charge in [-0.25, -0.2) is 4.98 Å². The van der Waals surface area contributed by atoms with Crippen molar-refractivity contribution in [1.82, 2.24) is 9.88 Å². The van der Waals surface area contributed by atoms with Crippen molar-refractivity contribution in [3.8, 4) is 0 Å². The van der Waals surface area contributed by atoms with Crippen LogP contribution in [0.5, 0.6) is 0 Å². The fourth-order valence-electron chi connectivity index (χ4n) is 2.92. The number of piperidine rings is 1. The molecule has 2 heterocycles. The fourth-order valence-corrected chi connectivity index (χ4v) is 2.92. The Balaban J connectivity index is 1.88. The molecule has 1 fully saturated rings. The number of nitrogens with one attached hydrogen (secondary N) is 1. The number of benzene rings is 1. The summed E-state index contributed by atoms with van der Waals surface area (Å²) in [7, 11) is 2.21. The van der Waals surface area contributed by atoms with Crippen LogP contribution in [0.2, 0.25) is 0 Å². The normalized spacial score (nSPS) is 19.8. The number of hydrogen-bond acceptors (Lipinski definition) is 3. The lowest BCUT2D eigenvalue weighted by Gasteiger charge is -2.33. The molecule has 20 heavy (non-hydrogen) atoms. The Bertz CT molecular complexity index is 553. The first-order chi connectivity index (χ1) is 9.84. The molecule has 0 amide bonds. The van der Waals surface area contributed by atoms with Gasteiger partial charge in [0.15, 0.2) is 0 Å². The highest BCUT2D eigenvalue weighted by molar-refractivity contribution is 5.59. The van der Waals surface area contributed by atoms with Crippen LogP contribution < -0.4 is 5.32 Å². The molecule has 1 aromatic carbocycles. The number of pyridine rings is 1. The maximum Gasteiger partial charge on any atom is 0.135 e. The topological polar surface area (TPSA) is 28.2 Å². The van der Waals surface area contributed by atoms with Crippen molar-refractivity contribution in [3.05, 3.63) is 54.2 Å². The minimum atomic E-state index is 0.476. The molecular formula is C17H21N3. The maximum atomic E-state index is 4.55. The maximum absolute atomic E-state index is 4.55. The second-order valence-corrected chi connectivity index (χ2v) is 5.42. The number of nitrogens with zero attached hydrogens (tertiary/aromatic N) is 2. The average molecular weight is 267 g/mol. The third-order valence-corrected chi connectivity index (χ3v) is 4.00. The highest BCUT2D eigenvalue weighted by Crippen LogP contribution is 2.33. The molecule has 0 radical (unpaired) electrons. The molecule has 0 saturated carbocycles. The van der Waals surface area contributed by atoms with Gasteiger partial charge in [0.05, 0.1) is 0 Å². The van der Waals surface area contributed by atoms with Gasteiger partial charge < -0.3 is 5.32 Å². The predicted molar refractivity (Wildman–Crippen MR) is 83.2 cm³/mol. The predicted octanol–water partition coefficient (Wildman–Crippen LogP) is 3.98. The van der Waals surface area contributed by atoms with Crippen LogP contribution in [0.25, 0.3) is 0 Å². The van der Waals surface area contributed by atoms with Gasteiger partial charge in [-0.1, -0.05) is 30.7 Å². The summed E-state index contributed by atoms with van der Waals surface area (Å²) in [6, 6.07) is 15.0. The fraction of sp³-hybridized carbons (Fsp3) is 0.353. The second-order valence-electron chi connectivity index (χ2n) is 5.42. The first-order valence-corrected chi connectivity index (χ1v) is 7.32. The Morgan fingerprint density at radius 2 is 1.95 bits per heavy atom. The van der Waals surface area contributed by atoms with Gasteiger partial charge >= 0.3 is 0 Å². The third kappa shape index (κ3) is 2.83. The van der Waals surface area contributed by atoms with Gasteiger partial charge in [0.2, 0.25) is 0 Å². The van der Waals surface area contributed by atoms with Crippen LogP contribution in [0.1, 0.15) is 30.9 Å². The lowest BCUT2D eigenvalue weighted by Crippen LogP contribution is -2.30. The van der Waals surface area contributed by atoms with Crippen molar-refractivity contribution in [3.63, 3.8) is 0 Å². The Hall–Kier alpha value is -1.87. The molecule has 1 atom stereocenters. The molecule has 1 aromatic heterocycles. The monoisotopic (exact) mass is 267 g/mol. The summed E-state index contributed by atoms with van der Waals surface area (Å²) in [6.07, 6.45) is 5.67. The molecule has 104 valence electrons. The molecule has 3 heteroatoms. The lowest BCUT2D eigenvalue weighted by atomic mass is 9.96. The molecule has 1 saturated heterocycles. The first kappa shape index (κ1) is 13.1. The summed E-state index contributed by atoms with van der Waals surface area (Å²) < 4.78 is 0. The van der Waals surface area contributed by atoms with E-state index in [9.17, 15) is 0 Å². The van der Waals surface area contributed by atoms with E-state index in [0.29, 0.717) is 6.04 Å².